The molecule has 0 aliphatic carbocycles. The topological polar surface area (TPSA) is 621 Å². The first kappa shape index (κ1) is 66.7. The van der Waals surface area contributed by atoms with E-state index in [4.69, 9.17) is 50.3 Å². The number of aliphatic imine (C=N–C) groups is 3. The molecule has 0 aromatic rings. The van der Waals surface area contributed by atoms with Crippen LogP contribution in [0.3, 0.4) is 0 Å². The molecule has 0 fully saturated rings. The van der Waals surface area contributed by atoms with Gasteiger partial charge in [-0.25, -0.2) is 4.79 Å². The average molecular weight is 1090 g/mol. The van der Waals surface area contributed by atoms with Crippen LogP contribution in [0.1, 0.15) is 64.2 Å². The van der Waals surface area contributed by atoms with E-state index in [9.17, 15) is 72.9 Å². The number of nitrogens with one attached hydrogen (secondary N) is 8. The number of carboxylic acid groups (broad SMARTS) is 4. The van der Waals surface area contributed by atoms with Gasteiger partial charge in [0.2, 0.25) is 47.3 Å². The predicted molar refractivity (Wildman–Crippen MR) is 264 cm³/mol. The van der Waals surface area contributed by atoms with Gasteiger partial charge in [0.05, 0.1) is 32.0 Å². The van der Waals surface area contributed by atoms with E-state index in [1.165, 1.54) is 0 Å². The van der Waals surface area contributed by atoms with E-state index in [0.29, 0.717) is 0 Å². The molecular weight excluding hydrogens is 1020 g/mol. The molecular formula is C39H68N18O17S. The number of hydrogen-bond donors (Lipinski definition) is 21. The van der Waals surface area contributed by atoms with Crippen LogP contribution in [-0.4, -0.2) is 201 Å². The minimum Gasteiger partial charge on any atom is -0.481 e. The van der Waals surface area contributed by atoms with Crippen molar-refractivity contribution in [3.63, 3.8) is 0 Å². The number of guanidine groups is 3. The minimum absolute atomic E-state index is 0.0150. The van der Waals surface area contributed by atoms with Gasteiger partial charge in [0.1, 0.15) is 42.3 Å². The van der Waals surface area contributed by atoms with Gasteiger partial charge in [0.15, 0.2) is 17.9 Å². The molecule has 75 heavy (non-hydrogen) atoms. The summed E-state index contributed by atoms with van der Waals surface area (Å²) in [5.74, 6) is -16.8. The van der Waals surface area contributed by atoms with Crippen LogP contribution in [0.25, 0.3) is 0 Å². The van der Waals surface area contributed by atoms with Crippen LogP contribution in [0.5, 0.6) is 0 Å². The summed E-state index contributed by atoms with van der Waals surface area (Å²) in [7, 11) is 0. The van der Waals surface area contributed by atoms with Crippen molar-refractivity contribution >= 4 is 102 Å². The van der Waals surface area contributed by atoms with Gasteiger partial charge < -0.3 is 108 Å². The second-order valence-electron chi connectivity index (χ2n) is 16.0. The summed E-state index contributed by atoms with van der Waals surface area (Å²) >= 11 is 3.81. The summed E-state index contributed by atoms with van der Waals surface area (Å²) in [6.07, 6.45) is -4.34. The van der Waals surface area contributed by atoms with E-state index in [1.807, 2.05) is 0 Å². The average Bonchev–Trinajstić information content (AvgIpc) is 3.31. The summed E-state index contributed by atoms with van der Waals surface area (Å²) in [5.41, 5.74) is 38.0. The monoisotopic (exact) mass is 1090 g/mol. The maximum atomic E-state index is 14.0. The molecule has 36 heteroatoms. The highest BCUT2D eigenvalue weighted by atomic mass is 32.1. The van der Waals surface area contributed by atoms with Crippen molar-refractivity contribution in [1.29, 1.82) is 0 Å². The number of carbonyl (C=O) groups is 12. The van der Waals surface area contributed by atoms with Crippen molar-refractivity contribution < 1.29 is 83.1 Å². The van der Waals surface area contributed by atoms with E-state index in [-0.39, 0.29) is 81.8 Å². The fourth-order valence-electron chi connectivity index (χ4n) is 6.05. The van der Waals surface area contributed by atoms with Crippen LogP contribution in [0.15, 0.2) is 15.0 Å². The Bertz CT molecular complexity index is 2100. The van der Waals surface area contributed by atoms with E-state index in [0.717, 1.165) is 0 Å². The molecule has 27 N–H and O–H groups in total. The molecule has 0 spiro atoms. The third-order valence-corrected chi connectivity index (χ3v) is 10.2. The Kier molecular flexibility index (Phi) is 31.8. The number of carbonyl (C=O) groups excluding carboxylic acids is 8. The van der Waals surface area contributed by atoms with Crippen LogP contribution in [0.2, 0.25) is 0 Å². The Labute approximate surface area is 432 Å². The number of aliphatic hydroxyl groups excluding tert-OH is 1. The van der Waals surface area contributed by atoms with Gasteiger partial charge in [-0.15, -0.1) is 0 Å². The summed E-state index contributed by atoms with van der Waals surface area (Å²) in [4.78, 5) is 164. The van der Waals surface area contributed by atoms with Crippen molar-refractivity contribution in [3.8, 4) is 0 Å². The van der Waals surface area contributed by atoms with E-state index in [2.05, 4.69) is 70.1 Å². The maximum absolute atomic E-state index is 14.0. The van der Waals surface area contributed by atoms with Gasteiger partial charge >= 0.3 is 23.9 Å². The Balaban J connectivity index is 6.80. The lowest BCUT2D eigenvalue weighted by Gasteiger charge is -2.27. The third-order valence-electron chi connectivity index (χ3n) is 9.82. The Morgan fingerprint density at radius 1 is 0.440 bits per heavy atom. The number of carboxylic acids is 4. The first-order valence-corrected chi connectivity index (χ1v) is 23.2. The summed E-state index contributed by atoms with van der Waals surface area (Å²) in [5, 5.41) is 64.9. The number of aliphatic hydroxyl groups is 1. The highest BCUT2D eigenvalue weighted by Gasteiger charge is 2.35. The van der Waals surface area contributed by atoms with Crippen LogP contribution >= 0.6 is 12.6 Å². The zero-order valence-corrected chi connectivity index (χ0v) is 41.3. The summed E-state index contributed by atoms with van der Waals surface area (Å²) in [6, 6.07) is -13.8. The third kappa shape index (κ3) is 29.7. The maximum Gasteiger partial charge on any atom is 0.327 e. The molecule has 422 valence electrons. The Hall–Kier alpha value is -8.28. The number of nitrogens with zero attached hydrogens (tertiary/aromatic N) is 3. The van der Waals surface area contributed by atoms with E-state index in [1.54, 1.807) is 0 Å². The van der Waals surface area contributed by atoms with Gasteiger partial charge in [0, 0.05) is 31.8 Å². The molecule has 0 radical (unpaired) electrons. The Morgan fingerprint density at radius 2 is 0.787 bits per heavy atom. The zero-order chi connectivity index (χ0) is 57.4. The van der Waals surface area contributed by atoms with Gasteiger partial charge in [-0.05, 0) is 44.9 Å². The SMILES string of the molecule is NC(N)=NCCCC(NC(=O)C(N)CCC(=O)O)C(=O)NC(CC(=O)O)C(=O)NC(CCCN=C(N)N)C(=O)NC(CC(=O)O)C(=O)NC(CCCN=C(N)N)C(=O)NC(CO)C(=O)NCC(=O)NC(CS)C(=O)O. The van der Waals surface area contributed by atoms with E-state index < -0.39 is 158 Å². The molecule has 0 aromatic heterocycles. The van der Waals surface area contributed by atoms with E-state index >= 15 is 0 Å². The zero-order valence-electron chi connectivity index (χ0n) is 40.4. The first-order valence-electron chi connectivity index (χ1n) is 22.5. The molecule has 0 aromatic carbocycles. The fourth-order valence-corrected chi connectivity index (χ4v) is 6.30. The predicted octanol–water partition coefficient (Wildman–Crippen LogP) is -10.2. The van der Waals surface area contributed by atoms with Crippen molar-refractivity contribution in [2.45, 2.75) is 113 Å². The lowest BCUT2D eigenvalue weighted by molar-refractivity contribution is -0.142. The first-order chi connectivity index (χ1) is 35.1. The number of amides is 8. The molecule has 0 saturated carbocycles. The van der Waals surface area contributed by atoms with Gasteiger partial charge in [-0.2, -0.15) is 12.6 Å². The molecule has 0 bridgehead atoms. The number of thiol groups is 1. The molecule has 0 saturated heterocycles. The highest BCUT2D eigenvalue weighted by Crippen LogP contribution is 2.08. The van der Waals surface area contributed by atoms with Crippen molar-refractivity contribution in [1.82, 2.24) is 42.5 Å². The van der Waals surface area contributed by atoms with Crippen LogP contribution in [0, 0.1) is 0 Å². The Morgan fingerprint density at radius 3 is 1.11 bits per heavy atom. The molecule has 35 nitrogen and oxygen atoms in total. The standard InChI is InChI=1S/C39H68N18O17S/c40-17(7-8-26(60)61)29(66)52-18(4-1-9-47-37(41)42)31(68)55-21(12-27(62)63)34(71)53-19(5-2-10-48-38(43)44)32(69)56-22(13-28(64)65)35(72)54-20(6-3-11-49-39(45)46)33(70)57-23(15-58)30(67)50-14-25(59)51-24(16-75)36(73)74/h17-24,58,75H,1-16,40H2,(H,50,67)(H,51,59)(H,52,66)(H,53,71)(H,54,72)(H,55,68)(H,56,69)(H,57,70)(H,60,61)(H,62,63)(H,64,65)(H,73,74)(H4,41,42,47)(H4,43,44,48)(H4,45,46,49). The lowest BCUT2D eigenvalue weighted by atomic mass is 10.0. The summed E-state index contributed by atoms with van der Waals surface area (Å²) < 4.78 is 0. The molecule has 0 aliphatic rings. The molecule has 0 rings (SSSR count). The summed E-state index contributed by atoms with van der Waals surface area (Å²) in [6.45, 7) is -2.29. The normalized spacial score (nSPS) is 13.8. The lowest BCUT2D eigenvalue weighted by Crippen LogP contribution is -2.60. The van der Waals surface area contributed by atoms with Crippen LogP contribution in [-0.2, 0) is 57.5 Å². The van der Waals surface area contributed by atoms with Gasteiger partial charge in [-0.3, -0.25) is 67.7 Å². The number of aliphatic carboxylic acids is 4. The number of rotatable bonds is 38. The van der Waals surface area contributed by atoms with Crippen molar-refractivity contribution in [2.24, 2.45) is 55.1 Å². The fraction of sp³-hybridized carbons (Fsp3) is 0.615. The second kappa shape index (κ2) is 35.8. The quantitative estimate of drug-likeness (QED) is 0.0118. The molecule has 0 aliphatic heterocycles. The number of hydrogen-bond acceptors (Lipinski definition) is 18. The van der Waals surface area contributed by atoms with Crippen molar-refractivity contribution in [2.75, 3.05) is 38.5 Å². The largest absolute Gasteiger partial charge is 0.481 e. The van der Waals surface area contributed by atoms with Gasteiger partial charge in [0.25, 0.3) is 0 Å². The minimum atomic E-state index is -2.07. The van der Waals surface area contributed by atoms with Gasteiger partial charge in [-0.1, -0.05) is 0 Å². The second-order valence-corrected chi connectivity index (χ2v) is 16.4. The van der Waals surface area contributed by atoms with Crippen LogP contribution in [0.4, 0.5) is 0 Å². The van der Waals surface area contributed by atoms with Crippen molar-refractivity contribution in [3.05, 3.63) is 0 Å². The molecule has 8 amide bonds. The highest BCUT2D eigenvalue weighted by molar-refractivity contribution is 7.80. The molecule has 8 atom stereocenters. The van der Waals surface area contributed by atoms with Crippen LogP contribution < -0.4 is 82.7 Å². The number of nitrogens with two attached hydrogens (primary N) is 7. The smallest absolute Gasteiger partial charge is 0.327 e. The molecule has 8 unspecified atom stereocenters. The molecule has 0 heterocycles.